The van der Waals surface area contributed by atoms with Crippen LogP contribution in [-0.2, 0) is 19.8 Å². The summed E-state index contributed by atoms with van der Waals surface area (Å²) < 4.78 is 87.1. The molecule has 3 aromatic carbocycles. The molecule has 17 heteroatoms. The highest BCUT2D eigenvalue weighted by Crippen LogP contribution is 2.61. The van der Waals surface area contributed by atoms with Gasteiger partial charge in [0.1, 0.15) is 23.4 Å². The molecule has 0 aromatic heterocycles. The molecule has 4 heterocycles. The van der Waals surface area contributed by atoms with Crippen LogP contribution in [0.2, 0.25) is 0 Å². The Morgan fingerprint density at radius 1 is 0.933 bits per heavy atom. The molecule has 5 aliphatic rings. The van der Waals surface area contributed by atoms with Crippen molar-refractivity contribution in [3.63, 3.8) is 0 Å². The van der Waals surface area contributed by atoms with Crippen LogP contribution in [0.4, 0.5) is 32.4 Å². The highest BCUT2D eigenvalue weighted by atomic mass is 35.5. The first kappa shape index (κ1) is 43.0. The number of para-hydroxylation sites is 3. The lowest BCUT2D eigenvalue weighted by Gasteiger charge is -2.47. The van der Waals surface area contributed by atoms with Crippen LogP contribution in [0.15, 0.2) is 108 Å². The number of halogens is 7. The van der Waals surface area contributed by atoms with Crippen LogP contribution in [0.3, 0.4) is 0 Å². The zero-order valence-corrected chi connectivity index (χ0v) is 33.4. The number of hydrogen-bond donors (Lipinski definition) is 1. The molecule has 3 aromatic rings. The van der Waals surface area contributed by atoms with Crippen molar-refractivity contribution in [2.75, 3.05) is 31.1 Å². The average molecular weight is 877 g/mol. The van der Waals surface area contributed by atoms with Gasteiger partial charge in [-0.1, -0.05) is 78.4 Å². The Morgan fingerprint density at radius 2 is 1.55 bits per heavy atom. The van der Waals surface area contributed by atoms with Crippen LogP contribution < -0.4 is 14.4 Å². The van der Waals surface area contributed by atoms with Crippen molar-refractivity contribution in [2.24, 2.45) is 11.3 Å². The standard InChI is InChI=1S/C43H40Cl2F5N3O7/c44-36-25-52(57)26-43(45,30-10-2-6-14-34(30)59-39(49)50)42(36,29-9-1-5-13-33(29)58-38(47)48)19-18-41(37(54)55)17-7-8-27(22-41)23-53(32-12-4-3-11-31(32)46)40(56)60-35-24-51-20-15-28(35)16-21-51/h1-14,17,25-26,28,35,38-39H,15-16,18-24H2,(H,54,55)/t35-,41?,42?,43?/m0/s1. The van der Waals surface area contributed by atoms with Crippen molar-refractivity contribution in [3.05, 3.63) is 130 Å². The van der Waals surface area contributed by atoms with Gasteiger partial charge in [-0.3, -0.25) is 14.6 Å². The second-order valence-corrected chi connectivity index (χ2v) is 16.3. The lowest BCUT2D eigenvalue weighted by Crippen LogP contribution is -2.53. The minimum absolute atomic E-state index is 0.0804. The molecule has 0 radical (unpaired) electrons. The van der Waals surface area contributed by atoms with Gasteiger partial charge < -0.3 is 24.5 Å². The SMILES string of the molecule is O=C(O[C@H]1CN2CCC1CC2)N(CC1=CC=CC(CCC2(c3ccccc3OC(F)F)C(Cl)=C[N+]([O-])=CC2(Cl)c2ccccc2OC(F)F)(C(=O)O)C1)c1ccccc1F. The number of hydrogen-bond acceptors (Lipinski definition) is 7. The number of alkyl halides is 5. The molecule has 1 amide bonds. The Bertz CT molecular complexity index is 2240. The zero-order valence-electron chi connectivity index (χ0n) is 31.9. The summed E-state index contributed by atoms with van der Waals surface area (Å²) in [5.41, 5.74) is -3.91. The molecule has 10 nitrogen and oxygen atoms in total. The molecule has 1 N–H and O–H groups in total. The Hall–Kier alpha value is -5.12. The first-order valence-corrected chi connectivity index (χ1v) is 19.9. The number of ether oxygens (including phenoxy) is 3. The predicted octanol–water partition coefficient (Wildman–Crippen LogP) is 9.55. The molecule has 2 bridgehead atoms. The quantitative estimate of drug-likeness (QED) is 0.0738. The van der Waals surface area contributed by atoms with Crippen LogP contribution in [-0.4, -0.2) is 78.5 Å². The Balaban J connectivity index is 1.28. The fourth-order valence-electron chi connectivity index (χ4n) is 8.96. The molecular formula is C43H40Cl2F5N3O7. The van der Waals surface area contributed by atoms with Crippen molar-refractivity contribution < 1.29 is 55.6 Å². The van der Waals surface area contributed by atoms with E-state index < -0.39 is 70.8 Å². The molecule has 8 rings (SSSR count). The van der Waals surface area contributed by atoms with E-state index in [4.69, 9.17) is 37.4 Å². The number of nitrogens with zero attached hydrogens (tertiary/aromatic N) is 3. The number of benzene rings is 3. The van der Waals surface area contributed by atoms with E-state index in [0.29, 0.717) is 12.1 Å². The minimum Gasteiger partial charge on any atom is -0.619 e. The maximum atomic E-state index is 15.4. The van der Waals surface area contributed by atoms with Gasteiger partial charge in [-0.25, -0.2) is 9.18 Å². The third kappa shape index (κ3) is 8.31. The zero-order chi connectivity index (χ0) is 42.8. The van der Waals surface area contributed by atoms with E-state index in [9.17, 15) is 37.5 Å². The van der Waals surface area contributed by atoms with Gasteiger partial charge in [0, 0.05) is 17.7 Å². The van der Waals surface area contributed by atoms with Crippen molar-refractivity contribution in [3.8, 4) is 11.5 Å². The molecule has 318 valence electrons. The summed E-state index contributed by atoms with van der Waals surface area (Å²) in [4.78, 5) is 28.5. The molecule has 0 saturated carbocycles. The normalized spacial score (nSPS) is 27.2. The lowest BCUT2D eigenvalue weighted by molar-refractivity contribution is -0.380. The highest BCUT2D eigenvalue weighted by Gasteiger charge is 2.62. The molecule has 4 aliphatic heterocycles. The number of carbonyl (C=O) groups excluding carboxylic acids is 1. The largest absolute Gasteiger partial charge is 0.619 e. The number of hydroxylamine groups is 1. The Morgan fingerprint density at radius 3 is 2.17 bits per heavy atom. The van der Waals surface area contributed by atoms with Crippen LogP contribution in [0.25, 0.3) is 0 Å². The van der Waals surface area contributed by atoms with E-state index in [1.165, 1.54) is 78.9 Å². The van der Waals surface area contributed by atoms with E-state index in [1.807, 2.05) is 0 Å². The molecular weight excluding hydrogens is 836 g/mol. The number of carboxylic acids is 1. The molecule has 4 atom stereocenters. The molecule has 0 spiro atoms. The molecule has 3 fully saturated rings. The third-order valence-electron chi connectivity index (χ3n) is 11.9. The summed E-state index contributed by atoms with van der Waals surface area (Å²) in [5, 5.41) is 23.9. The fourth-order valence-corrected chi connectivity index (χ4v) is 10.00. The van der Waals surface area contributed by atoms with Gasteiger partial charge in [0.05, 0.1) is 28.1 Å². The van der Waals surface area contributed by atoms with E-state index in [1.54, 1.807) is 12.1 Å². The Labute approximate surface area is 352 Å². The maximum Gasteiger partial charge on any atom is 0.415 e. The van der Waals surface area contributed by atoms with Gasteiger partial charge in [0.2, 0.25) is 0 Å². The second kappa shape index (κ2) is 17.5. The third-order valence-corrected chi connectivity index (χ3v) is 12.9. The first-order valence-electron chi connectivity index (χ1n) is 19.2. The summed E-state index contributed by atoms with van der Waals surface area (Å²) in [5.74, 6) is -2.80. The summed E-state index contributed by atoms with van der Waals surface area (Å²) in [6.45, 7) is -4.64. The number of piperidine rings is 3. The van der Waals surface area contributed by atoms with Crippen LogP contribution in [0, 0.1) is 22.4 Å². The topological polar surface area (TPSA) is 115 Å². The van der Waals surface area contributed by atoms with Crippen molar-refractivity contribution in [2.45, 2.75) is 61.7 Å². The second-order valence-electron chi connectivity index (χ2n) is 15.3. The number of allylic oxidation sites excluding steroid dienone is 3. The van der Waals surface area contributed by atoms with E-state index >= 15 is 4.39 Å². The van der Waals surface area contributed by atoms with Gasteiger partial charge in [-0.05, 0) is 81.0 Å². The monoisotopic (exact) mass is 875 g/mol. The number of carbonyl (C=O) groups is 2. The van der Waals surface area contributed by atoms with Crippen LogP contribution in [0.1, 0.15) is 43.2 Å². The van der Waals surface area contributed by atoms with E-state index in [2.05, 4.69) is 4.90 Å². The summed E-state index contributed by atoms with van der Waals surface area (Å²) in [6, 6.07) is 16.4. The number of amides is 1. The summed E-state index contributed by atoms with van der Waals surface area (Å²) in [6.07, 6.45) is 5.78. The maximum absolute atomic E-state index is 15.4. The smallest absolute Gasteiger partial charge is 0.415 e. The average Bonchev–Trinajstić information content (AvgIpc) is 3.21. The molecule has 60 heavy (non-hydrogen) atoms. The highest BCUT2D eigenvalue weighted by molar-refractivity contribution is 6.38. The fraction of sp³-hybridized carbons (Fsp3) is 0.372. The number of fused-ring (bicyclic) bond motifs is 3. The predicted molar refractivity (Wildman–Crippen MR) is 213 cm³/mol. The lowest BCUT2D eigenvalue weighted by atomic mass is 9.60. The number of aliphatic carboxylic acids is 1. The van der Waals surface area contributed by atoms with Gasteiger partial charge >= 0.3 is 25.3 Å². The number of carboxylic acid groups (broad SMARTS) is 1. The Kier molecular flexibility index (Phi) is 12.5. The molecule has 1 aliphatic carbocycles. The van der Waals surface area contributed by atoms with Crippen molar-refractivity contribution in [1.29, 1.82) is 0 Å². The van der Waals surface area contributed by atoms with Crippen LogP contribution >= 0.6 is 23.2 Å². The minimum atomic E-state index is -3.36. The van der Waals surface area contributed by atoms with Gasteiger partial charge in [0.25, 0.3) is 0 Å². The van der Waals surface area contributed by atoms with Crippen LogP contribution in [0.5, 0.6) is 11.5 Å². The number of rotatable bonds is 14. The van der Waals surface area contributed by atoms with Crippen molar-refractivity contribution in [1.82, 2.24) is 4.90 Å². The van der Waals surface area contributed by atoms with Gasteiger partial charge in [0.15, 0.2) is 17.3 Å². The summed E-state index contributed by atoms with van der Waals surface area (Å²) in [7, 11) is 0. The van der Waals surface area contributed by atoms with E-state index in [0.717, 1.165) is 43.2 Å². The molecule has 3 saturated heterocycles. The van der Waals surface area contributed by atoms with Crippen molar-refractivity contribution >= 4 is 47.2 Å². The number of anilines is 1. The first-order chi connectivity index (χ1) is 28.7. The van der Waals surface area contributed by atoms with Gasteiger partial charge in [-0.15, -0.1) is 11.6 Å². The van der Waals surface area contributed by atoms with Gasteiger partial charge in [-0.2, -0.15) is 22.3 Å². The summed E-state index contributed by atoms with van der Waals surface area (Å²) >= 11 is 14.6. The molecule has 3 unspecified atom stereocenters. The van der Waals surface area contributed by atoms with E-state index in [-0.39, 0.29) is 51.9 Å².